The number of likely N-dealkylation sites (N-methyl/N-ethyl adjacent to an activating group) is 1. The van der Waals surface area contributed by atoms with Gasteiger partial charge in [0.2, 0.25) is 0 Å². The fraction of sp³-hybridized carbons (Fsp3) is 0.933. The summed E-state index contributed by atoms with van der Waals surface area (Å²) in [6.45, 7) is 14.5. The Bertz CT molecular complexity index is 305. The van der Waals surface area contributed by atoms with Crippen molar-refractivity contribution in [2.45, 2.75) is 53.0 Å². The van der Waals surface area contributed by atoms with Crippen LogP contribution in [-0.2, 0) is 9.53 Å². The van der Waals surface area contributed by atoms with Gasteiger partial charge in [-0.2, -0.15) is 0 Å². The maximum absolute atomic E-state index is 12.2. The monoisotopic (exact) mass is 270 g/mol. The van der Waals surface area contributed by atoms with Crippen LogP contribution < -0.4 is 5.32 Å². The smallest absolute Gasteiger partial charge is 0.327 e. The van der Waals surface area contributed by atoms with Gasteiger partial charge < -0.3 is 15.0 Å². The van der Waals surface area contributed by atoms with E-state index in [1.165, 1.54) is 12.8 Å². The molecule has 1 atom stereocenters. The van der Waals surface area contributed by atoms with Crippen LogP contribution in [0.4, 0.5) is 0 Å². The Balaban J connectivity index is 2.69. The van der Waals surface area contributed by atoms with E-state index in [-0.39, 0.29) is 5.97 Å². The van der Waals surface area contributed by atoms with E-state index in [0.29, 0.717) is 12.0 Å². The van der Waals surface area contributed by atoms with Crippen molar-refractivity contribution < 1.29 is 9.53 Å². The molecule has 19 heavy (non-hydrogen) atoms. The zero-order chi connectivity index (χ0) is 14.5. The van der Waals surface area contributed by atoms with E-state index >= 15 is 0 Å². The SMILES string of the molecule is CCNC(C)(CN1CCCC(C)(C)C1)C(=O)OCC. The molecule has 1 rings (SSSR count). The summed E-state index contributed by atoms with van der Waals surface area (Å²) < 4.78 is 5.22. The average Bonchev–Trinajstić information content (AvgIpc) is 2.28. The number of ether oxygens (including phenoxy) is 1. The first-order valence-electron chi connectivity index (χ1n) is 7.47. The first kappa shape index (κ1) is 16.4. The molecular weight excluding hydrogens is 240 g/mol. The molecule has 1 N–H and O–H groups in total. The Morgan fingerprint density at radius 1 is 1.42 bits per heavy atom. The lowest BCUT2D eigenvalue weighted by atomic mass is 9.83. The van der Waals surface area contributed by atoms with Crippen molar-refractivity contribution in [3.8, 4) is 0 Å². The molecule has 0 spiro atoms. The number of piperidine rings is 1. The van der Waals surface area contributed by atoms with Crippen LogP contribution >= 0.6 is 0 Å². The molecule has 4 nitrogen and oxygen atoms in total. The van der Waals surface area contributed by atoms with Crippen molar-refractivity contribution >= 4 is 5.97 Å². The van der Waals surface area contributed by atoms with E-state index < -0.39 is 5.54 Å². The quantitative estimate of drug-likeness (QED) is 0.750. The predicted molar refractivity (Wildman–Crippen MR) is 78.2 cm³/mol. The van der Waals surface area contributed by atoms with Gasteiger partial charge in [0.15, 0.2) is 0 Å². The van der Waals surface area contributed by atoms with E-state index in [0.717, 1.165) is 26.2 Å². The maximum atomic E-state index is 12.2. The fourth-order valence-corrected chi connectivity index (χ4v) is 3.00. The second-order valence-electron chi connectivity index (χ2n) is 6.56. The zero-order valence-corrected chi connectivity index (χ0v) is 13.2. The van der Waals surface area contributed by atoms with Gasteiger partial charge in [-0.1, -0.05) is 20.8 Å². The number of likely N-dealkylation sites (tertiary alicyclic amines) is 1. The van der Waals surface area contributed by atoms with Crippen molar-refractivity contribution in [1.29, 1.82) is 0 Å². The molecule has 1 unspecified atom stereocenters. The van der Waals surface area contributed by atoms with Crippen LogP contribution in [0.2, 0.25) is 0 Å². The third-order valence-electron chi connectivity index (χ3n) is 3.81. The predicted octanol–water partition coefficient (Wildman–Crippen LogP) is 2.04. The van der Waals surface area contributed by atoms with Crippen LogP contribution in [0.15, 0.2) is 0 Å². The molecule has 1 saturated heterocycles. The summed E-state index contributed by atoms with van der Waals surface area (Å²) in [5.41, 5.74) is -0.252. The summed E-state index contributed by atoms with van der Waals surface area (Å²) in [5, 5.41) is 3.30. The second kappa shape index (κ2) is 6.71. The molecule has 1 aliphatic rings. The lowest BCUT2D eigenvalue weighted by Gasteiger charge is -2.42. The van der Waals surface area contributed by atoms with Crippen molar-refractivity contribution in [3.05, 3.63) is 0 Å². The number of nitrogens with one attached hydrogen (secondary N) is 1. The van der Waals surface area contributed by atoms with Crippen LogP contribution in [0, 0.1) is 5.41 Å². The largest absolute Gasteiger partial charge is 0.465 e. The normalized spacial score (nSPS) is 22.8. The molecule has 1 aliphatic heterocycles. The van der Waals surface area contributed by atoms with Crippen LogP contribution in [0.5, 0.6) is 0 Å². The minimum Gasteiger partial charge on any atom is -0.465 e. The second-order valence-corrected chi connectivity index (χ2v) is 6.56. The molecule has 0 radical (unpaired) electrons. The standard InChI is InChI=1S/C15H30N2O2/c1-6-16-15(5,13(18)19-7-2)12-17-10-8-9-14(3,4)11-17/h16H,6-12H2,1-5H3. The summed E-state index contributed by atoms with van der Waals surface area (Å²) in [7, 11) is 0. The molecule has 112 valence electrons. The Kier molecular flexibility index (Phi) is 5.81. The highest BCUT2D eigenvalue weighted by Crippen LogP contribution is 2.29. The van der Waals surface area contributed by atoms with Crippen LogP contribution in [-0.4, -0.2) is 49.2 Å². The van der Waals surface area contributed by atoms with Crippen LogP contribution in [0.25, 0.3) is 0 Å². The van der Waals surface area contributed by atoms with E-state index in [1.807, 2.05) is 20.8 Å². The number of nitrogens with zero attached hydrogens (tertiary/aromatic N) is 1. The average molecular weight is 270 g/mol. The highest BCUT2D eigenvalue weighted by atomic mass is 16.5. The number of hydrogen-bond donors (Lipinski definition) is 1. The summed E-state index contributed by atoms with van der Waals surface area (Å²) in [6, 6.07) is 0. The first-order chi connectivity index (χ1) is 8.83. The van der Waals surface area contributed by atoms with E-state index in [9.17, 15) is 4.79 Å². The van der Waals surface area contributed by atoms with Crippen molar-refractivity contribution in [2.24, 2.45) is 5.41 Å². The molecule has 1 heterocycles. The van der Waals surface area contributed by atoms with Crippen molar-refractivity contribution in [1.82, 2.24) is 10.2 Å². The molecule has 1 fully saturated rings. The van der Waals surface area contributed by atoms with Gasteiger partial charge in [-0.05, 0) is 45.2 Å². The Hall–Kier alpha value is -0.610. The van der Waals surface area contributed by atoms with Crippen molar-refractivity contribution in [2.75, 3.05) is 32.8 Å². The zero-order valence-electron chi connectivity index (χ0n) is 13.2. The topological polar surface area (TPSA) is 41.6 Å². The minimum atomic E-state index is -0.599. The molecular formula is C15H30N2O2. The molecule has 0 aromatic rings. The van der Waals surface area contributed by atoms with Crippen molar-refractivity contribution in [3.63, 3.8) is 0 Å². The highest BCUT2D eigenvalue weighted by Gasteiger charge is 2.38. The lowest BCUT2D eigenvalue weighted by Crippen LogP contribution is -2.59. The highest BCUT2D eigenvalue weighted by molar-refractivity contribution is 5.80. The van der Waals surface area contributed by atoms with E-state index in [2.05, 4.69) is 24.1 Å². The minimum absolute atomic E-state index is 0.139. The van der Waals surface area contributed by atoms with E-state index in [4.69, 9.17) is 4.74 Å². The number of esters is 1. The van der Waals surface area contributed by atoms with Gasteiger partial charge in [0.25, 0.3) is 0 Å². The molecule has 0 aromatic carbocycles. The maximum Gasteiger partial charge on any atom is 0.327 e. The number of carbonyl (C=O) groups is 1. The molecule has 0 amide bonds. The van der Waals surface area contributed by atoms with Gasteiger partial charge in [-0.25, -0.2) is 0 Å². The van der Waals surface area contributed by atoms with Crippen LogP contribution in [0.3, 0.4) is 0 Å². The van der Waals surface area contributed by atoms with Gasteiger partial charge in [0, 0.05) is 13.1 Å². The molecule has 4 heteroatoms. The number of carbonyl (C=O) groups excluding carboxylic acids is 1. The summed E-state index contributed by atoms with van der Waals surface area (Å²) >= 11 is 0. The summed E-state index contributed by atoms with van der Waals surface area (Å²) in [4.78, 5) is 14.6. The van der Waals surface area contributed by atoms with Gasteiger partial charge in [-0.15, -0.1) is 0 Å². The van der Waals surface area contributed by atoms with Gasteiger partial charge in [0.1, 0.15) is 5.54 Å². The van der Waals surface area contributed by atoms with Gasteiger partial charge >= 0.3 is 5.97 Å². The number of hydrogen-bond acceptors (Lipinski definition) is 4. The molecule has 0 saturated carbocycles. The molecule has 0 aliphatic carbocycles. The van der Waals surface area contributed by atoms with Gasteiger partial charge in [-0.3, -0.25) is 4.79 Å². The van der Waals surface area contributed by atoms with Crippen LogP contribution in [0.1, 0.15) is 47.5 Å². The molecule has 0 bridgehead atoms. The Labute approximate surface area is 117 Å². The van der Waals surface area contributed by atoms with Gasteiger partial charge in [0.05, 0.1) is 6.61 Å². The fourth-order valence-electron chi connectivity index (χ4n) is 3.00. The van der Waals surface area contributed by atoms with E-state index in [1.54, 1.807) is 0 Å². The summed E-state index contributed by atoms with van der Waals surface area (Å²) in [5.74, 6) is -0.139. The Morgan fingerprint density at radius 3 is 2.63 bits per heavy atom. The first-order valence-corrected chi connectivity index (χ1v) is 7.47. The third-order valence-corrected chi connectivity index (χ3v) is 3.81. The lowest BCUT2D eigenvalue weighted by molar-refractivity contribution is -0.151. The number of rotatable bonds is 6. The summed E-state index contributed by atoms with van der Waals surface area (Å²) in [6.07, 6.45) is 2.47. The third kappa shape index (κ3) is 4.77. The Morgan fingerprint density at radius 2 is 2.11 bits per heavy atom. The molecule has 0 aromatic heterocycles.